The predicted octanol–water partition coefficient (Wildman–Crippen LogP) is 4.84. The second-order valence-electron chi connectivity index (χ2n) is 10.2. The first kappa shape index (κ1) is 24.9. The first-order chi connectivity index (χ1) is 15.9. The molecule has 2 heterocycles. The van der Waals surface area contributed by atoms with Crippen LogP contribution in [0, 0.1) is 0 Å². The molecule has 0 saturated heterocycles. The monoisotopic (exact) mass is 461 g/mol. The number of nitrogens with zero attached hydrogens (tertiary/aromatic N) is 2. The second-order valence-corrected chi connectivity index (χ2v) is 10.2. The number of hydrogen-bond donors (Lipinski definition) is 1. The van der Waals surface area contributed by atoms with E-state index in [9.17, 15) is 14.4 Å². The number of furan rings is 1. The molecule has 7 heteroatoms. The molecule has 0 fully saturated rings. The zero-order chi connectivity index (χ0) is 25.1. The maximum atomic E-state index is 13.6. The van der Waals surface area contributed by atoms with Crippen molar-refractivity contribution in [1.82, 2.24) is 10.3 Å². The van der Waals surface area contributed by atoms with E-state index in [4.69, 9.17) is 4.42 Å². The first-order valence-electron chi connectivity index (χ1n) is 11.1. The van der Waals surface area contributed by atoms with E-state index in [1.165, 1.54) is 29.5 Å². The fraction of sp³-hybridized carbons (Fsp3) is 0.333. The number of hydrogen-bond acceptors (Lipinski definition) is 5. The van der Waals surface area contributed by atoms with Gasteiger partial charge in [-0.1, -0.05) is 39.0 Å². The highest BCUT2D eigenvalue weighted by molar-refractivity contribution is 6.47. The molecule has 1 N–H and O–H groups in total. The fourth-order valence-electron chi connectivity index (χ4n) is 3.52. The quantitative estimate of drug-likeness (QED) is 0.419. The van der Waals surface area contributed by atoms with Crippen LogP contribution in [0.3, 0.4) is 0 Å². The average molecular weight is 462 g/mol. The molecule has 0 bridgehead atoms. The average Bonchev–Trinajstić information content (AvgIpc) is 3.30. The van der Waals surface area contributed by atoms with Crippen LogP contribution < -0.4 is 10.2 Å². The van der Waals surface area contributed by atoms with E-state index in [1.54, 1.807) is 30.5 Å². The molecular weight excluding hydrogens is 430 g/mol. The van der Waals surface area contributed by atoms with Gasteiger partial charge in [0.2, 0.25) is 5.91 Å². The van der Waals surface area contributed by atoms with Gasteiger partial charge < -0.3 is 9.73 Å². The summed E-state index contributed by atoms with van der Waals surface area (Å²) in [6.07, 6.45) is 4.43. The van der Waals surface area contributed by atoms with Gasteiger partial charge in [0.05, 0.1) is 6.26 Å². The Morgan fingerprint density at radius 1 is 0.941 bits per heavy atom. The van der Waals surface area contributed by atoms with Crippen LogP contribution in [0.15, 0.2) is 71.6 Å². The number of Topliss-reactive ketones (excluding diaryl/α,β-unsaturated/α-hetero) is 1. The largest absolute Gasteiger partial charge is 0.461 e. The van der Waals surface area contributed by atoms with Crippen molar-refractivity contribution in [2.24, 2.45) is 0 Å². The summed E-state index contributed by atoms with van der Waals surface area (Å²) >= 11 is 0. The van der Waals surface area contributed by atoms with Gasteiger partial charge in [0.1, 0.15) is 6.04 Å². The molecule has 2 aromatic heterocycles. The minimum Gasteiger partial charge on any atom is -0.461 e. The van der Waals surface area contributed by atoms with Gasteiger partial charge >= 0.3 is 5.91 Å². The third kappa shape index (κ3) is 5.78. The van der Waals surface area contributed by atoms with Gasteiger partial charge in [-0.25, -0.2) is 0 Å². The van der Waals surface area contributed by atoms with Crippen molar-refractivity contribution in [3.63, 3.8) is 0 Å². The van der Waals surface area contributed by atoms with Crippen LogP contribution in [-0.2, 0) is 15.0 Å². The molecule has 0 aliphatic rings. The Kier molecular flexibility index (Phi) is 7.05. The van der Waals surface area contributed by atoms with Crippen molar-refractivity contribution in [3.05, 3.63) is 84.1 Å². The topological polar surface area (TPSA) is 92.5 Å². The van der Waals surface area contributed by atoms with Crippen molar-refractivity contribution < 1.29 is 18.8 Å². The summed E-state index contributed by atoms with van der Waals surface area (Å²) in [5.74, 6) is -2.25. The lowest BCUT2D eigenvalue weighted by Gasteiger charge is -2.33. The van der Waals surface area contributed by atoms with E-state index in [-0.39, 0.29) is 11.2 Å². The van der Waals surface area contributed by atoms with E-state index < -0.39 is 29.2 Å². The molecule has 3 aromatic rings. The zero-order valence-corrected chi connectivity index (χ0v) is 20.5. The third-order valence-electron chi connectivity index (χ3n) is 5.17. The lowest BCUT2D eigenvalue weighted by atomic mass is 9.87. The lowest BCUT2D eigenvalue weighted by molar-refractivity contribution is -0.126. The van der Waals surface area contributed by atoms with E-state index in [1.807, 2.05) is 32.9 Å². The van der Waals surface area contributed by atoms with Crippen LogP contribution in [-0.4, -0.2) is 28.1 Å². The Labute approximate surface area is 200 Å². The second kappa shape index (κ2) is 9.63. The molecule has 178 valence electrons. The number of carbonyl (C=O) groups is 3. The zero-order valence-electron chi connectivity index (χ0n) is 20.5. The summed E-state index contributed by atoms with van der Waals surface area (Å²) in [4.78, 5) is 45.6. The van der Waals surface area contributed by atoms with Gasteiger partial charge in [-0.05, 0) is 62.1 Å². The first-order valence-corrected chi connectivity index (χ1v) is 11.1. The van der Waals surface area contributed by atoms with Gasteiger partial charge in [-0.2, -0.15) is 0 Å². The Hall–Kier alpha value is -3.74. The van der Waals surface area contributed by atoms with Crippen LogP contribution >= 0.6 is 0 Å². The van der Waals surface area contributed by atoms with Crippen LogP contribution in [0.5, 0.6) is 0 Å². The van der Waals surface area contributed by atoms with E-state index >= 15 is 0 Å². The number of pyridine rings is 1. The van der Waals surface area contributed by atoms with E-state index in [0.29, 0.717) is 11.3 Å². The van der Waals surface area contributed by atoms with E-state index in [0.717, 1.165) is 5.56 Å². The summed E-state index contributed by atoms with van der Waals surface area (Å²) in [6, 6.07) is 12.5. The van der Waals surface area contributed by atoms with Crippen LogP contribution in [0.25, 0.3) is 0 Å². The normalized spacial score (nSPS) is 12.6. The highest BCUT2D eigenvalue weighted by Gasteiger charge is 2.38. The standard InChI is InChI=1S/C27H31N3O4/c1-26(2,3)19-11-13-20(14-12-19)30(25(33)23(31)21-10-8-16-34-21)22(18-9-7-15-28-17-18)24(32)29-27(4,5)6/h7-17,22H,1-6H3,(H,29,32). The van der Waals surface area contributed by atoms with Gasteiger partial charge in [0, 0.05) is 29.2 Å². The molecular formula is C27H31N3O4. The van der Waals surface area contributed by atoms with Crippen molar-refractivity contribution in [2.45, 2.75) is 58.5 Å². The summed E-state index contributed by atoms with van der Waals surface area (Å²) in [6.45, 7) is 11.8. The minimum absolute atomic E-state index is 0.0949. The minimum atomic E-state index is -1.13. The Balaban J connectivity index is 2.16. The third-order valence-corrected chi connectivity index (χ3v) is 5.17. The van der Waals surface area contributed by atoms with Gasteiger partial charge in [-0.15, -0.1) is 0 Å². The summed E-state index contributed by atoms with van der Waals surface area (Å²) in [5, 5.41) is 2.94. The number of benzene rings is 1. The Morgan fingerprint density at radius 3 is 2.12 bits per heavy atom. The van der Waals surface area contributed by atoms with Gasteiger partial charge in [-0.3, -0.25) is 24.3 Å². The molecule has 1 unspecified atom stereocenters. The summed E-state index contributed by atoms with van der Waals surface area (Å²) in [5.41, 5.74) is 1.27. The van der Waals surface area contributed by atoms with Crippen molar-refractivity contribution in [1.29, 1.82) is 0 Å². The predicted molar refractivity (Wildman–Crippen MR) is 131 cm³/mol. The number of amides is 2. The van der Waals surface area contributed by atoms with Crippen LogP contribution in [0.4, 0.5) is 5.69 Å². The fourth-order valence-corrected chi connectivity index (χ4v) is 3.52. The molecule has 1 atom stereocenters. The summed E-state index contributed by atoms with van der Waals surface area (Å²) in [7, 11) is 0. The number of anilines is 1. The molecule has 0 aliphatic carbocycles. The Bertz CT molecular complexity index is 1140. The molecule has 0 spiro atoms. The van der Waals surface area contributed by atoms with Crippen molar-refractivity contribution in [2.75, 3.05) is 4.90 Å². The highest BCUT2D eigenvalue weighted by Crippen LogP contribution is 2.31. The van der Waals surface area contributed by atoms with E-state index in [2.05, 4.69) is 31.1 Å². The lowest BCUT2D eigenvalue weighted by Crippen LogP contribution is -2.50. The summed E-state index contributed by atoms with van der Waals surface area (Å²) < 4.78 is 5.18. The molecule has 7 nitrogen and oxygen atoms in total. The van der Waals surface area contributed by atoms with Gasteiger partial charge in [0.15, 0.2) is 5.76 Å². The SMILES string of the molecule is CC(C)(C)NC(=O)C(c1cccnc1)N(C(=O)C(=O)c1ccco1)c1ccc(C(C)(C)C)cc1. The van der Waals surface area contributed by atoms with Crippen LogP contribution in [0.1, 0.15) is 69.3 Å². The number of ketones is 1. The number of rotatable bonds is 6. The highest BCUT2D eigenvalue weighted by atomic mass is 16.3. The molecule has 2 amide bonds. The molecule has 0 radical (unpaired) electrons. The Morgan fingerprint density at radius 2 is 1.62 bits per heavy atom. The molecule has 34 heavy (non-hydrogen) atoms. The number of nitrogens with one attached hydrogen (secondary N) is 1. The maximum absolute atomic E-state index is 13.6. The molecule has 0 aliphatic heterocycles. The smallest absolute Gasteiger partial charge is 0.303 e. The number of aromatic nitrogens is 1. The molecule has 1 aromatic carbocycles. The number of carbonyl (C=O) groups excluding carboxylic acids is 3. The van der Waals surface area contributed by atoms with Crippen molar-refractivity contribution >= 4 is 23.3 Å². The van der Waals surface area contributed by atoms with Gasteiger partial charge in [0.25, 0.3) is 5.78 Å². The maximum Gasteiger partial charge on any atom is 0.303 e. The van der Waals surface area contributed by atoms with Crippen LogP contribution in [0.2, 0.25) is 0 Å². The van der Waals surface area contributed by atoms with Crippen molar-refractivity contribution in [3.8, 4) is 0 Å². The molecule has 0 saturated carbocycles. The molecule has 3 rings (SSSR count).